The van der Waals surface area contributed by atoms with E-state index in [-0.39, 0.29) is 21.8 Å². The first kappa shape index (κ1) is 24.3. The number of Topliss-reactive ketones (excluding diaryl/α,β-unsaturated/α-hetero) is 1. The van der Waals surface area contributed by atoms with Gasteiger partial charge in [0.25, 0.3) is 0 Å². The maximum Gasteiger partial charge on any atom is 0.192 e. The number of hydrogen-bond donors (Lipinski definition) is 0. The highest BCUT2D eigenvalue weighted by Crippen LogP contribution is 2.56. The van der Waals surface area contributed by atoms with Gasteiger partial charge in [0.2, 0.25) is 0 Å². The van der Waals surface area contributed by atoms with Crippen molar-refractivity contribution in [2.45, 2.75) is 129 Å². The van der Waals surface area contributed by atoms with Gasteiger partial charge in [0.05, 0.1) is 11.7 Å². The van der Waals surface area contributed by atoms with E-state index in [1.165, 1.54) is 0 Å². The second-order valence-corrected chi connectivity index (χ2v) is 22.0. The maximum absolute atomic E-state index is 12.3. The van der Waals surface area contributed by atoms with Crippen molar-refractivity contribution in [3.63, 3.8) is 0 Å². The third-order valence-corrected chi connectivity index (χ3v) is 17.2. The standard InChI is InChI=1S/C23H46O3Si2/c1-12-13-23(26-28(10,11)22(5,6)7)16-17-14-18(24)15-19(17)20(23)25-27(8,9)21(2,3)4/h17,19-20H,12-16H2,1-11H3/t17-,19-,20+,23+/m0/s1. The van der Waals surface area contributed by atoms with Gasteiger partial charge in [0, 0.05) is 12.8 Å². The van der Waals surface area contributed by atoms with Crippen LogP contribution in [0.2, 0.25) is 36.3 Å². The van der Waals surface area contributed by atoms with Crippen molar-refractivity contribution in [2.75, 3.05) is 0 Å². The Kier molecular flexibility index (Phi) is 6.61. The van der Waals surface area contributed by atoms with Crippen molar-refractivity contribution >= 4 is 22.4 Å². The predicted octanol–water partition coefficient (Wildman–Crippen LogP) is 6.94. The van der Waals surface area contributed by atoms with Gasteiger partial charge >= 0.3 is 0 Å². The molecule has 3 nitrogen and oxygen atoms in total. The molecule has 164 valence electrons. The third kappa shape index (κ3) is 4.52. The summed E-state index contributed by atoms with van der Waals surface area (Å²) in [6.07, 6.45) is 4.63. The van der Waals surface area contributed by atoms with Gasteiger partial charge in [-0.05, 0) is 60.9 Å². The normalized spacial score (nSPS) is 32.1. The summed E-state index contributed by atoms with van der Waals surface area (Å²) in [6, 6.07) is 0. The van der Waals surface area contributed by atoms with E-state index in [9.17, 15) is 4.79 Å². The van der Waals surface area contributed by atoms with Crippen molar-refractivity contribution in [1.29, 1.82) is 0 Å². The molecule has 0 N–H and O–H groups in total. The minimum atomic E-state index is -1.97. The largest absolute Gasteiger partial charge is 0.411 e. The number of hydrogen-bond acceptors (Lipinski definition) is 3. The highest BCUT2D eigenvalue weighted by Gasteiger charge is 2.61. The predicted molar refractivity (Wildman–Crippen MR) is 124 cm³/mol. The van der Waals surface area contributed by atoms with Crippen LogP contribution in [0.25, 0.3) is 0 Å². The summed E-state index contributed by atoms with van der Waals surface area (Å²) in [5, 5.41) is 0.325. The lowest BCUT2D eigenvalue weighted by atomic mass is 9.90. The zero-order valence-corrected chi connectivity index (χ0v) is 22.5. The Bertz CT molecular complexity index is 586. The molecule has 0 aromatic carbocycles. The van der Waals surface area contributed by atoms with Crippen LogP contribution in [-0.4, -0.2) is 34.1 Å². The summed E-state index contributed by atoms with van der Waals surface area (Å²) in [5.41, 5.74) is -0.219. The zero-order valence-electron chi connectivity index (χ0n) is 20.5. The molecular formula is C23H46O3Si2. The summed E-state index contributed by atoms with van der Waals surface area (Å²) in [6.45, 7) is 25.6. The monoisotopic (exact) mass is 426 g/mol. The van der Waals surface area contributed by atoms with Crippen molar-refractivity contribution < 1.29 is 13.6 Å². The Morgan fingerprint density at radius 2 is 1.50 bits per heavy atom. The highest BCUT2D eigenvalue weighted by molar-refractivity contribution is 6.74. The lowest BCUT2D eigenvalue weighted by Gasteiger charge is -2.50. The Balaban J connectivity index is 2.47. The van der Waals surface area contributed by atoms with Gasteiger partial charge in [-0.25, -0.2) is 0 Å². The third-order valence-electron chi connectivity index (χ3n) is 8.24. The van der Waals surface area contributed by atoms with Crippen LogP contribution in [0.4, 0.5) is 0 Å². The second-order valence-electron chi connectivity index (χ2n) is 12.6. The topological polar surface area (TPSA) is 35.5 Å². The van der Waals surface area contributed by atoms with E-state index in [2.05, 4.69) is 74.7 Å². The van der Waals surface area contributed by atoms with Crippen LogP contribution in [0, 0.1) is 11.8 Å². The van der Waals surface area contributed by atoms with Crippen LogP contribution in [0.3, 0.4) is 0 Å². The number of carbonyl (C=O) groups excluding carboxylic acids is 1. The molecule has 0 unspecified atom stereocenters. The maximum atomic E-state index is 12.3. The summed E-state index contributed by atoms with van der Waals surface area (Å²) < 4.78 is 14.4. The molecule has 28 heavy (non-hydrogen) atoms. The van der Waals surface area contributed by atoms with Crippen molar-refractivity contribution in [3.8, 4) is 0 Å². The fraction of sp³-hybridized carbons (Fsp3) is 0.957. The lowest BCUT2D eigenvalue weighted by molar-refractivity contribution is -0.119. The first-order chi connectivity index (χ1) is 12.5. The molecule has 0 aliphatic heterocycles. The molecule has 0 heterocycles. The Morgan fingerprint density at radius 1 is 0.964 bits per heavy atom. The van der Waals surface area contributed by atoms with Gasteiger partial charge in [-0.1, -0.05) is 54.9 Å². The summed E-state index contributed by atoms with van der Waals surface area (Å²) in [5.74, 6) is 1.22. The number of fused-ring (bicyclic) bond motifs is 1. The molecule has 0 aromatic heterocycles. The van der Waals surface area contributed by atoms with Crippen LogP contribution in [0.5, 0.6) is 0 Å². The molecule has 0 saturated heterocycles. The van der Waals surface area contributed by atoms with E-state index in [0.29, 0.717) is 24.0 Å². The van der Waals surface area contributed by atoms with Crippen molar-refractivity contribution in [1.82, 2.24) is 0 Å². The van der Waals surface area contributed by atoms with Crippen LogP contribution < -0.4 is 0 Å². The second kappa shape index (κ2) is 7.62. The van der Waals surface area contributed by atoms with Gasteiger partial charge in [-0.2, -0.15) is 0 Å². The van der Waals surface area contributed by atoms with E-state index in [1.807, 2.05) is 0 Å². The summed E-state index contributed by atoms with van der Waals surface area (Å²) in [4.78, 5) is 12.3. The molecule has 4 atom stereocenters. The molecule has 5 heteroatoms. The molecule has 0 spiro atoms. The summed E-state index contributed by atoms with van der Waals surface area (Å²) >= 11 is 0. The fourth-order valence-electron chi connectivity index (χ4n) is 4.65. The Hall–Kier alpha value is 0.0238. The molecule has 0 radical (unpaired) electrons. The molecule has 2 saturated carbocycles. The van der Waals surface area contributed by atoms with E-state index in [0.717, 1.165) is 25.7 Å². The van der Waals surface area contributed by atoms with Crippen LogP contribution in [0.15, 0.2) is 0 Å². The minimum absolute atomic E-state index is 0.0684. The number of rotatable bonds is 6. The minimum Gasteiger partial charge on any atom is -0.411 e. The smallest absolute Gasteiger partial charge is 0.192 e. The molecule has 0 bridgehead atoms. The zero-order chi connectivity index (χ0) is 21.8. The Morgan fingerprint density at radius 3 is 1.96 bits per heavy atom. The average molecular weight is 427 g/mol. The quantitative estimate of drug-likeness (QED) is 0.432. The van der Waals surface area contributed by atoms with Gasteiger partial charge in [-0.3, -0.25) is 4.79 Å². The van der Waals surface area contributed by atoms with E-state index >= 15 is 0 Å². The molecular weight excluding hydrogens is 380 g/mol. The van der Waals surface area contributed by atoms with Gasteiger partial charge < -0.3 is 8.85 Å². The SMILES string of the molecule is CCC[C@@]1(O[Si](C)(C)C(C)(C)C)C[C@@H]2CC(=O)C[C@@H]2[C@H]1O[Si](C)(C)C(C)(C)C. The van der Waals surface area contributed by atoms with Crippen LogP contribution >= 0.6 is 0 Å². The van der Waals surface area contributed by atoms with E-state index < -0.39 is 16.6 Å². The molecule has 2 fully saturated rings. The average Bonchev–Trinajstić information content (AvgIpc) is 2.92. The van der Waals surface area contributed by atoms with Crippen LogP contribution in [-0.2, 0) is 13.6 Å². The molecule has 2 aliphatic rings. The molecule has 2 rings (SSSR count). The van der Waals surface area contributed by atoms with E-state index in [1.54, 1.807) is 0 Å². The van der Waals surface area contributed by atoms with Gasteiger partial charge in [0.1, 0.15) is 5.78 Å². The molecule has 0 amide bonds. The lowest BCUT2D eigenvalue weighted by Crippen LogP contribution is -2.58. The van der Waals surface area contributed by atoms with Crippen molar-refractivity contribution in [3.05, 3.63) is 0 Å². The first-order valence-electron chi connectivity index (χ1n) is 11.4. The van der Waals surface area contributed by atoms with Gasteiger partial charge in [0.15, 0.2) is 16.6 Å². The Labute approximate surface area is 176 Å². The van der Waals surface area contributed by atoms with Crippen molar-refractivity contribution in [2.24, 2.45) is 11.8 Å². The summed E-state index contributed by atoms with van der Waals surface area (Å²) in [7, 11) is -3.92. The highest BCUT2D eigenvalue weighted by atomic mass is 28.4. The fourth-order valence-corrected chi connectivity index (χ4v) is 7.66. The van der Waals surface area contributed by atoms with Crippen LogP contribution in [0.1, 0.15) is 80.6 Å². The van der Waals surface area contributed by atoms with Gasteiger partial charge in [-0.15, -0.1) is 0 Å². The first-order valence-corrected chi connectivity index (χ1v) is 17.2. The molecule has 2 aliphatic carbocycles. The number of carbonyl (C=O) groups is 1. The number of ketones is 1. The van der Waals surface area contributed by atoms with E-state index in [4.69, 9.17) is 8.85 Å². The molecule has 0 aromatic rings.